The van der Waals surface area contributed by atoms with Crippen LogP contribution in [0.15, 0.2) is 132 Å². The molecule has 0 unspecified atom stereocenters. The van der Waals surface area contributed by atoms with Crippen LogP contribution < -0.4 is 0 Å². The van der Waals surface area contributed by atoms with Crippen LogP contribution in [0.25, 0.3) is 71.9 Å². The number of rotatable bonds is 3. The zero-order valence-corrected chi connectivity index (χ0v) is 20.4. The van der Waals surface area contributed by atoms with Crippen molar-refractivity contribution in [1.82, 2.24) is 14.5 Å². The van der Waals surface area contributed by atoms with Gasteiger partial charge in [-0.1, -0.05) is 54.6 Å². The summed E-state index contributed by atoms with van der Waals surface area (Å²) in [7, 11) is 0. The van der Waals surface area contributed by atoms with Crippen molar-refractivity contribution in [3.8, 4) is 27.9 Å². The van der Waals surface area contributed by atoms with Gasteiger partial charge in [-0.3, -0.25) is 9.97 Å². The fourth-order valence-electron chi connectivity index (χ4n) is 5.54. The maximum atomic E-state index is 6.03. The minimum atomic E-state index is 0.911. The molecular weight excluding hydrogens is 466 g/mol. The van der Waals surface area contributed by atoms with Gasteiger partial charge in [0.25, 0.3) is 0 Å². The number of furan rings is 1. The van der Waals surface area contributed by atoms with Crippen LogP contribution in [0.1, 0.15) is 0 Å². The molecule has 8 rings (SSSR count). The van der Waals surface area contributed by atoms with E-state index >= 15 is 0 Å². The molecule has 0 spiro atoms. The monoisotopic (exact) mass is 487 g/mol. The predicted molar refractivity (Wildman–Crippen MR) is 155 cm³/mol. The number of nitrogens with zero attached hydrogens (tertiary/aromatic N) is 3. The van der Waals surface area contributed by atoms with Gasteiger partial charge in [-0.2, -0.15) is 0 Å². The lowest BCUT2D eigenvalue weighted by atomic mass is 9.97. The first-order valence-corrected chi connectivity index (χ1v) is 12.7. The maximum Gasteiger partial charge on any atom is 0.135 e. The second-order valence-electron chi connectivity index (χ2n) is 9.52. The average Bonchev–Trinajstić information content (AvgIpc) is 3.53. The second kappa shape index (κ2) is 8.15. The van der Waals surface area contributed by atoms with Gasteiger partial charge >= 0.3 is 0 Å². The normalized spacial score (nSPS) is 11.7. The summed E-state index contributed by atoms with van der Waals surface area (Å²) in [4.78, 5) is 9.26. The number of benzene rings is 4. The van der Waals surface area contributed by atoms with Gasteiger partial charge in [0, 0.05) is 28.9 Å². The van der Waals surface area contributed by atoms with Gasteiger partial charge in [0.05, 0.1) is 11.0 Å². The number of hydrogen-bond donors (Lipinski definition) is 0. The molecule has 0 amide bonds. The van der Waals surface area contributed by atoms with Crippen LogP contribution in [0.2, 0.25) is 0 Å². The van der Waals surface area contributed by atoms with Crippen molar-refractivity contribution in [3.05, 3.63) is 128 Å². The van der Waals surface area contributed by atoms with Gasteiger partial charge < -0.3 is 8.98 Å². The minimum absolute atomic E-state index is 0.911. The Bertz CT molecular complexity index is 2100. The Balaban J connectivity index is 1.25. The Labute approximate surface area is 218 Å². The lowest BCUT2D eigenvalue weighted by Gasteiger charge is -2.11. The van der Waals surface area contributed by atoms with Crippen LogP contribution in [0.3, 0.4) is 0 Å². The van der Waals surface area contributed by atoms with Gasteiger partial charge in [-0.05, 0) is 82.9 Å². The van der Waals surface area contributed by atoms with Gasteiger partial charge in [-0.15, -0.1) is 0 Å². The molecule has 0 atom stereocenters. The van der Waals surface area contributed by atoms with E-state index in [-0.39, 0.29) is 0 Å². The Hall–Kier alpha value is -5.22. The summed E-state index contributed by atoms with van der Waals surface area (Å²) < 4.78 is 8.28. The molecule has 8 aromatic rings. The second-order valence-corrected chi connectivity index (χ2v) is 9.52. The molecule has 38 heavy (non-hydrogen) atoms. The highest BCUT2D eigenvalue weighted by Crippen LogP contribution is 2.35. The lowest BCUT2D eigenvalue weighted by Crippen LogP contribution is -1.94. The molecule has 4 heteroatoms. The molecule has 4 heterocycles. The third-order valence-corrected chi connectivity index (χ3v) is 7.29. The highest BCUT2D eigenvalue weighted by molar-refractivity contribution is 6.06. The lowest BCUT2D eigenvalue weighted by molar-refractivity contribution is 0.669. The fraction of sp³-hybridized carbons (Fsp3) is 0. The summed E-state index contributed by atoms with van der Waals surface area (Å²) in [5.41, 5.74) is 11.5. The first-order chi connectivity index (χ1) is 18.8. The largest absolute Gasteiger partial charge is 0.456 e. The van der Waals surface area contributed by atoms with E-state index in [1.165, 1.54) is 16.7 Å². The van der Waals surface area contributed by atoms with E-state index in [9.17, 15) is 0 Å². The van der Waals surface area contributed by atoms with E-state index in [1.807, 2.05) is 36.7 Å². The molecule has 0 bridgehead atoms. The van der Waals surface area contributed by atoms with Crippen molar-refractivity contribution in [2.24, 2.45) is 0 Å². The molecule has 0 aliphatic heterocycles. The average molecular weight is 488 g/mol. The molecule has 0 radical (unpaired) electrons. The van der Waals surface area contributed by atoms with Crippen molar-refractivity contribution in [1.29, 1.82) is 0 Å². The zero-order valence-electron chi connectivity index (χ0n) is 20.4. The van der Waals surface area contributed by atoms with Crippen molar-refractivity contribution in [2.45, 2.75) is 0 Å². The zero-order chi connectivity index (χ0) is 25.1. The summed E-state index contributed by atoms with van der Waals surface area (Å²) in [5.74, 6) is 0. The first-order valence-electron chi connectivity index (χ1n) is 12.7. The fourth-order valence-corrected chi connectivity index (χ4v) is 5.54. The molecule has 0 saturated carbocycles. The first kappa shape index (κ1) is 20.9. The Morgan fingerprint density at radius 3 is 1.87 bits per heavy atom. The van der Waals surface area contributed by atoms with Crippen LogP contribution in [-0.2, 0) is 0 Å². The van der Waals surface area contributed by atoms with E-state index < -0.39 is 0 Å². The smallest absolute Gasteiger partial charge is 0.135 e. The number of fused-ring (bicyclic) bond motifs is 6. The van der Waals surface area contributed by atoms with E-state index in [4.69, 9.17) is 4.42 Å². The Morgan fingerprint density at radius 2 is 1.11 bits per heavy atom. The predicted octanol–water partition coefficient (Wildman–Crippen LogP) is 8.81. The van der Waals surface area contributed by atoms with Crippen molar-refractivity contribution < 1.29 is 4.42 Å². The van der Waals surface area contributed by atoms with Crippen molar-refractivity contribution in [2.75, 3.05) is 0 Å². The van der Waals surface area contributed by atoms with E-state index in [0.29, 0.717) is 0 Å². The molecule has 178 valence electrons. The summed E-state index contributed by atoms with van der Waals surface area (Å²) in [6.45, 7) is 0. The molecule has 0 aliphatic rings. The molecule has 4 nitrogen and oxygen atoms in total. The highest BCUT2D eigenvalue weighted by Gasteiger charge is 2.14. The van der Waals surface area contributed by atoms with Gasteiger partial charge in [0.1, 0.15) is 22.2 Å². The van der Waals surface area contributed by atoms with E-state index in [1.54, 1.807) is 0 Å². The van der Waals surface area contributed by atoms with Crippen molar-refractivity contribution in [3.63, 3.8) is 0 Å². The molecule has 4 aromatic heterocycles. The number of hydrogen-bond acceptors (Lipinski definition) is 3. The Kier molecular flexibility index (Phi) is 4.49. The topological polar surface area (TPSA) is 43.9 Å². The third kappa shape index (κ3) is 3.17. The van der Waals surface area contributed by atoms with Crippen LogP contribution >= 0.6 is 0 Å². The maximum absolute atomic E-state index is 6.03. The number of aromatic nitrogens is 3. The van der Waals surface area contributed by atoms with E-state index in [2.05, 4.69) is 106 Å². The summed E-state index contributed by atoms with van der Waals surface area (Å²) >= 11 is 0. The van der Waals surface area contributed by atoms with Crippen LogP contribution in [0.4, 0.5) is 0 Å². The Morgan fingerprint density at radius 1 is 0.474 bits per heavy atom. The third-order valence-electron chi connectivity index (χ3n) is 7.29. The SMILES string of the molecule is c1cc(-c2cccc(-n3c4cccnc4c4ncccc43)c2)cc(-c2ccc3oc4ccccc4c3c2)c1. The quantitative estimate of drug-likeness (QED) is 0.250. The summed E-state index contributed by atoms with van der Waals surface area (Å²) in [6.07, 6.45) is 3.65. The number of para-hydroxylation sites is 1. The molecule has 4 aromatic carbocycles. The van der Waals surface area contributed by atoms with Crippen molar-refractivity contribution >= 4 is 44.0 Å². The molecule has 0 N–H and O–H groups in total. The molecule has 0 saturated heterocycles. The minimum Gasteiger partial charge on any atom is -0.456 e. The standard InChI is InChI=1S/C34H21N3O/c1-2-14-31-27(11-1)28-21-25(15-16-32(28)38-31)23-8-3-7-22(19-23)24-9-4-10-26(20-24)37-29-12-5-17-35-33(29)34-30(37)13-6-18-36-34/h1-21H. The summed E-state index contributed by atoms with van der Waals surface area (Å²) in [6, 6.07) is 40.2. The number of pyridine rings is 2. The van der Waals surface area contributed by atoms with Gasteiger partial charge in [-0.25, -0.2) is 0 Å². The molecule has 0 aliphatic carbocycles. The highest BCUT2D eigenvalue weighted by atomic mass is 16.3. The van der Waals surface area contributed by atoms with Crippen LogP contribution in [0, 0.1) is 0 Å². The summed E-state index contributed by atoms with van der Waals surface area (Å²) in [5, 5.41) is 2.28. The van der Waals surface area contributed by atoms with Crippen LogP contribution in [0.5, 0.6) is 0 Å². The van der Waals surface area contributed by atoms with E-state index in [0.717, 1.165) is 55.3 Å². The molecular formula is C34H21N3O. The van der Waals surface area contributed by atoms with Crippen LogP contribution in [-0.4, -0.2) is 14.5 Å². The van der Waals surface area contributed by atoms with Gasteiger partial charge in [0.15, 0.2) is 0 Å². The van der Waals surface area contributed by atoms with Gasteiger partial charge in [0.2, 0.25) is 0 Å². The molecule has 0 fully saturated rings.